The summed E-state index contributed by atoms with van der Waals surface area (Å²) in [6.45, 7) is 1.85. The Morgan fingerprint density at radius 3 is 2.37 bits per heavy atom. The summed E-state index contributed by atoms with van der Waals surface area (Å²) < 4.78 is 0. The Kier molecular flexibility index (Phi) is 7.16. The molecule has 0 fully saturated rings. The Morgan fingerprint density at radius 1 is 1.07 bits per heavy atom. The Bertz CT molecular complexity index is 944. The van der Waals surface area contributed by atoms with Crippen molar-refractivity contribution in [3.63, 3.8) is 0 Å². The minimum Gasteiger partial charge on any atom is -0.339 e. The maximum atomic E-state index is 12.1. The van der Waals surface area contributed by atoms with Crippen LogP contribution in [-0.2, 0) is 4.79 Å². The molecule has 0 unspecified atom stereocenters. The van der Waals surface area contributed by atoms with Crippen molar-refractivity contribution >= 4 is 11.8 Å². The molecule has 2 aromatic rings. The Balaban J connectivity index is 2.03. The Labute approximate surface area is 157 Å². The standard InChI is InChI=1S/C21H19N3O3/c1-15-6-2-4-8-17(15)9-5-3-7-16-10-12-18(13-11-16)20(25)23-19(14-22)21(26)24-27/h2,4,6,8,10-13,19,27H,14,22H2,1H3,(H,23,25)(H,24,26)/t19-/m0/s1. The first kappa shape index (κ1) is 19.7. The number of hydrogen-bond acceptors (Lipinski definition) is 4. The van der Waals surface area contributed by atoms with Gasteiger partial charge in [-0.15, -0.1) is 0 Å². The number of carbonyl (C=O) groups excluding carboxylic acids is 2. The Morgan fingerprint density at radius 2 is 1.74 bits per heavy atom. The molecule has 2 amide bonds. The molecule has 0 aliphatic carbocycles. The van der Waals surface area contributed by atoms with Crippen molar-refractivity contribution in [2.24, 2.45) is 5.73 Å². The molecule has 0 heterocycles. The third kappa shape index (κ3) is 5.72. The highest BCUT2D eigenvalue weighted by Crippen LogP contribution is 2.05. The van der Waals surface area contributed by atoms with E-state index in [2.05, 4.69) is 29.0 Å². The van der Waals surface area contributed by atoms with Gasteiger partial charge in [-0.2, -0.15) is 0 Å². The molecule has 2 rings (SSSR count). The number of aryl methyl sites for hydroxylation is 1. The molecule has 0 aliphatic heterocycles. The van der Waals surface area contributed by atoms with Crippen LogP contribution in [0.5, 0.6) is 0 Å². The van der Waals surface area contributed by atoms with Crippen molar-refractivity contribution < 1.29 is 14.8 Å². The first-order chi connectivity index (χ1) is 13.0. The first-order valence-corrected chi connectivity index (χ1v) is 8.17. The lowest BCUT2D eigenvalue weighted by Crippen LogP contribution is -2.50. The van der Waals surface area contributed by atoms with Gasteiger partial charge in [0.2, 0.25) is 0 Å². The van der Waals surface area contributed by atoms with E-state index < -0.39 is 17.9 Å². The van der Waals surface area contributed by atoms with E-state index in [0.717, 1.165) is 11.1 Å². The molecular formula is C21H19N3O3. The van der Waals surface area contributed by atoms with Crippen LogP contribution >= 0.6 is 0 Å². The molecule has 0 aliphatic rings. The lowest BCUT2D eigenvalue weighted by molar-refractivity contribution is -0.130. The van der Waals surface area contributed by atoms with Crippen molar-refractivity contribution in [2.75, 3.05) is 6.54 Å². The summed E-state index contributed by atoms with van der Waals surface area (Å²) in [4.78, 5) is 23.5. The zero-order chi connectivity index (χ0) is 19.6. The molecular weight excluding hydrogens is 342 g/mol. The molecule has 0 radical (unpaired) electrons. The summed E-state index contributed by atoms with van der Waals surface area (Å²) in [5.74, 6) is 10.2. The topological polar surface area (TPSA) is 104 Å². The Hall–Kier alpha value is -3.58. The van der Waals surface area contributed by atoms with Crippen molar-refractivity contribution in [2.45, 2.75) is 13.0 Å². The molecule has 27 heavy (non-hydrogen) atoms. The minimum atomic E-state index is -1.02. The molecule has 0 bridgehead atoms. The highest BCUT2D eigenvalue weighted by Gasteiger charge is 2.19. The number of benzene rings is 2. The maximum absolute atomic E-state index is 12.1. The van der Waals surface area contributed by atoms with Crippen molar-refractivity contribution in [1.82, 2.24) is 10.8 Å². The zero-order valence-electron chi connectivity index (χ0n) is 14.7. The highest BCUT2D eigenvalue weighted by molar-refractivity contribution is 5.97. The van der Waals surface area contributed by atoms with Gasteiger partial charge in [-0.1, -0.05) is 30.0 Å². The molecule has 0 spiro atoms. The average Bonchev–Trinajstić information content (AvgIpc) is 2.70. The fourth-order valence-electron chi connectivity index (χ4n) is 2.17. The fraction of sp³-hybridized carbons (Fsp3) is 0.143. The number of rotatable bonds is 4. The van der Waals surface area contributed by atoms with E-state index in [1.54, 1.807) is 24.3 Å². The summed E-state index contributed by atoms with van der Waals surface area (Å²) in [6.07, 6.45) is 0. The summed E-state index contributed by atoms with van der Waals surface area (Å²) >= 11 is 0. The second-order valence-corrected chi connectivity index (χ2v) is 5.63. The molecule has 5 N–H and O–H groups in total. The van der Waals surface area contributed by atoms with Gasteiger partial charge in [-0.3, -0.25) is 14.8 Å². The highest BCUT2D eigenvalue weighted by atomic mass is 16.5. The predicted molar refractivity (Wildman–Crippen MR) is 102 cm³/mol. The van der Waals surface area contributed by atoms with Gasteiger partial charge < -0.3 is 11.1 Å². The van der Waals surface area contributed by atoms with E-state index >= 15 is 0 Å². The van der Waals surface area contributed by atoms with Crippen LogP contribution in [0.15, 0.2) is 48.5 Å². The smallest absolute Gasteiger partial charge is 0.267 e. The third-order valence-electron chi connectivity index (χ3n) is 3.73. The van der Waals surface area contributed by atoms with Crippen LogP contribution in [0.1, 0.15) is 27.0 Å². The lowest BCUT2D eigenvalue weighted by atomic mass is 10.1. The minimum absolute atomic E-state index is 0.138. The van der Waals surface area contributed by atoms with Gasteiger partial charge in [-0.25, -0.2) is 5.48 Å². The second-order valence-electron chi connectivity index (χ2n) is 5.63. The fourth-order valence-corrected chi connectivity index (χ4v) is 2.17. The van der Waals surface area contributed by atoms with Crippen molar-refractivity contribution in [3.05, 3.63) is 70.8 Å². The normalized spacial score (nSPS) is 10.5. The number of carbonyl (C=O) groups is 2. The van der Waals surface area contributed by atoms with Gasteiger partial charge >= 0.3 is 0 Å². The number of hydrogen-bond donors (Lipinski definition) is 4. The molecule has 6 nitrogen and oxygen atoms in total. The number of nitrogens with one attached hydrogen (secondary N) is 2. The van der Waals surface area contributed by atoms with Crippen LogP contribution in [0.3, 0.4) is 0 Å². The molecule has 0 saturated heterocycles. The van der Waals surface area contributed by atoms with E-state index in [-0.39, 0.29) is 6.54 Å². The maximum Gasteiger partial charge on any atom is 0.267 e. The monoisotopic (exact) mass is 361 g/mol. The van der Waals surface area contributed by atoms with Crippen LogP contribution in [0.25, 0.3) is 0 Å². The summed E-state index contributed by atoms with van der Waals surface area (Å²) in [5.41, 5.74) is 9.93. The molecule has 6 heteroatoms. The van der Waals surface area contributed by atoms with Gasteiger partial charge in [0, 0.05) is 23.2 Å². The first-order valence-electron chi connectivity index (χ1n) is 8.17. The number of hydroxylamine groups is 1. The summed E-state index contributed by atoms with van der Waals surface area (Å²) in [7, 11) is 0. The van der Waals surface area contributed by atoms with Gasteiger partial charge in [0.25, 0.3) is 11.8 Å². The van der Waals surface area contributed by atoms with Gasteiger partial charge in [0.05, 0.1) is 0 Å². The van der Waals surface area contributed by atoms with Crippen molar-refractivity contribution in [1.29, 1.82) is 0 Å². The average molecular weight is 361 g/mol. The van der Waals surface area contributed by atoms with Crippen LogP contribution in [0, 0.1) is 30.6 Å². The van der Waals surface area contributed by atoms with E-state index in [4.69, 9.17) is 10.9 Å². The van der Waals surface area contributed by atoms with Gasteiger partial charge in [-0.05, 0) is 54.7 Å². The molecule has 0 saturated carbocycles. The SMILES string of the molecule is Cc1ccccc1C#CC#Cc1ccc(C(=O)N[C@@H](CN)C(=O)NO)cc1. The van der Waals surface area contributed by atoms with Gasteiger partial charge in [0.15, 0.2) is 0 Å². The molecule has 2 aromatic carbocycles. The molecule has 136 valence electrons. The van der Waals surface area contributed by atoms with Crippen LogP contribution in [-0.4, -0.2) is 29.6 Å². The number of nitrogens with two attached hydrogens (primary N) is 1. The molecule has 0 aromatic heterocycles. The van der Waals surface area contributed by atoms with Crippen molar-refractivity contribution in [3.8, 4) is 23.7 Å². The van der Waals surface area contributed by atoms with Crippen LogP contribution in [0.2, 0.25) is 0 Å². The summed E-state index contributed by atoms with van der Waals surface area (Å²) in [5, 5.41) is 11.0. The van der Waals surface area contributed by atoms with Gasteiger partial charge in [0.1, 0.15) is 6.04 Å². The molecule has 1 atom stereocenters. The quantitative estimate of drug-likeness (QED) is 0.370. The van der Waals surface area contributed by atoms with E-state index in [0.29, 0.717) is 11.1 Å². The van der Waals surface area contributed by atoms with E-state index in [1.165, 1.54) is 5.48 Å². The van der Waals surface area contributed by atoms with E-state index in [1.807, 2.05) is 31.2 Å². The summed E-state index contributed by atoms with van der Waals surface area (Å²) in [6, 6.07) is 13.3. The predicted octanol–water partition coefficient (Wildman–Crippen LogP) is 0.961. The van der Waals surface area contributed by atoms with Crippen LogP contribution < -0.4 is 16.5 Å². The second kappa shape index (κ2) is 9.79. The lowest BCUT2D eigenvalue weighted by Gasteiger charge is -2.14. The number of amides is 2. The third-order valence-corrected chi connectivity index (χ3v) is 3.73. The largest absolute Gasteiger partial charge is 0.339 e. The van der Waals surface area contributed by atoms with E-state index in [9.17, 15) is 9.59 Å². The zero-order valence-corrected chi connectivity index (χ0v) is 14.7. The van der Waals surface area contributed by atoms with Crippen LogP contribution in [0.4, 0.5) is 0 Å².